The standard InChI is InChI=1S/C23H19NO/c1-25-22-14-12-21(13-15-22)24-17-20(18-8-4-2-5-9-18)16-23(24)19-10-6-3-7-11-19/h2-17H,1H3. The van der Waals surface area contributed by atoms with Crippen LogP contribution in [0.25, 0.3) is 28.1 Å². The van der Waals surface area contributed by atoms with Crippen LogP contribution in [-0.4, -0.2) is 11.7 Å². The van der Waals surface area contributed by atoms with E-state index in [-0.39, 0.29) is 0 Å². The summed E-state index contributed by atoms with van der Waals surface area (Å²) in [7, 11) is 1.69. The summed E-state index contributed by atoms with van der Waals surface area (Å²) in [6.45, 7) is 0. The predicted octanol–water partition coefficient (Wildman–Crippen LogP) is 5.82. The highest BCUT2D eigenvalue weighted by Gasteiger charge is 2.11. The van der Waals surface area contributed by atoms with Crippen molar-refractivity contribution in [2.24, 2.45) is 0 Å². The van der Waals surface area contributed by atoms with Gasteiger partial charge < -0.3 is 9.30 Å². The molecule has 4 aromatic rings. The Hall–Kier alpha value is -3.26. The number of rotatable bonds is 4. The van der Waals surface area contributed by atoms with Crippen LogP contribution in [0.15, 0.2) is 97.2 Å². The number of benzene rings is 3. The van der Waals surface area contributed by atoms with Crippen LogP contribution in [0.5, 0.6) is 5.75 Å². The van der Waals surface area contributed by atoms with Crippen molar-refractivity contribution >= 4 is 0 Å². The van der Waals surface area contributed by atoms with Crippen LogP contribution < -0.4 is 4.74 Å². The first-order valence-electron chi connectivity index (χ1n) is 8.33. The van der Waals surface area contributed by atoms with Gasteiger partial charge in [-0.1, -0.05) is 60.7 Å². The maximum absolute atomic E-state index is 5.29. The summed E-state index contributed by atoms with van der Waals surface area (Å²) in [5, 5.41) is 0. The second kappa shape index (κ2) is 6.70. The molecule has 0 spiro atoms. The Bertz CT molecular complexity index is 954. The maximum atomic E-state index is 5.29. The van der Waals surface area contributed by atoms with E-state index >= 15 is 0 Å². The summed E-state index contributed by atoms with van der Waals surface area (Å²) in [6, 6.07) is 31.3. The summed E-state index contributed by atoms with van der Waals surface area (Å²) in [4.78, 5) is 0. The molecule has 2 heteroatoms. The van der Waals surface area contributed by atoms with Crippen molar-refractivity contribution in [1.82, 2.24) is 4.57 Å². The van der Waals surface area contributed by atoms with Gasteiger partial charge >= 0.3 is 0 Å². The number of hydrogen-bond donors (Lipinski definition) is 0. The number of hydrogen-bond acceptors (Lipinski definition) is 1. The molecule has 1 aromatic heterocycles. The van der Waals surface area contributed by atoms with E-state index in [1.54, 1.807) is 7.11 Å². The molecule has 122 valence electrons. The van der Waals surface area contributed by atoms with Gasteiger partial charge in [0.25, 0.3) is 0 Å². The Kier molecular flexibility index (Phi) is 4.09. The predicted molar refractivity (Wildman–Crippen MR) is 103 cm³/mol. The fourth-order valence-electron chi connectivity index (χ4n) is 3.04. The molecule has 0 atom stereocenters. The number of methoxy groups -OCH3 is 1. The van der Waals surface area contributed by atoms with Crippen LogP contribution in [0.3, 0.4) is 0 Å². The molecule has 0 radical (unpaired) electrons. The molecule has 0 fully saturated rings. The Balaban J connectivity index is 1.87. The summed E-state index contributed by atoms with van der Waals surface area (Å²) in [5.41, 5.74) is 5.90. The molecule has 0 aliphatic heterocycles. The van der Waals surface area contributed by atoms with Crippen molar-refractivity contribution < 1.29 is 4.74 Å². The Morgan fingerprint density at radius 1 is 0.640 bits per heavy atom. The molecule has 2 nitrogen and oxygen atoms in total. The van der Waals surface area contributed by atoms with Crippen LogP contribution in [0.2, 0.25) is 0 Å². The van der Waals surface area contributed by atoms with E-state index in [1.807, 2.05) is 24.3 Å². The van der Waals surface area contributed by atoms with Crippen molar-refractivity contribution in [3.63, 3.8) is 0 Å². The van der Waals surface area contributed by atoms with Crippen molar-refractivity contribution in [2.75, 3.05) is 7.11 Å². The molecule has 0 amide bonds. The molecular formula is C23H19NO. The highest BCUT2D eigenvalue weighted by molar-refractivity contribution is 5.74. The lowest BCUT2D eigenvalue weighted by Gasteiger charge is -2.10. The first-order valence-corrected chi connectivity index (χ1v) is 8.33. The third-order valence-corrected chi connectivity index (χ3v) is 4.35. The van der Waals surface area contributed by atoms with E-state index < -0.39 is 0 Å². The van der Waals surface area contributed by atoms with Gasteiger partial charge in [-0.25, -0.2) is 0 Å². The van der Waals surface area contributed by atoms with Crippen molar-refractivity contribution in [2.45, 2.75) is 0 Å². The molecule has 1 heterocycles. The zero-order chi connectivity index (χ0) is 17.1. The number of ether oxygens (including phenoxy) is 1. The number of aromatic nitrogens is 1. The summed E-state index contributed by atoms with van der Waals surface area (Å²) in [5.74, 6) is 0.862. The molecule has 0 bridgehead atoms. The van der Waals surface area contributed by atoms with Gasteiger partial charge in [0.05, 0.1) is 12.8 Å². The third-order valence-electron chi connectivity index (χ3n) is 4.35. The normalized spacial score (nSPS) is 10.6. The molecule has 0 saturated carbocycles. The number of nitrogens with zero attached hydrogens (tertiary/aromatic N) is 1. The molecule has 0 aliphatic rings. The van der Waals surface area contributed by atoms with Crippen LogP contribution in [0, 0.1) is 0 Å². The minimum Gasteiger partial charge on any atom is -0.497 e. The van der Waals surface area contributed by atoms with Gasteiger partial charge in [-0.2, -0.15) is 0 Å². The smallest absolute Gasteiger partial charge is 0.119 e. The largest absolute Gasteiger partial charge is 0.497 e. The minimum atomic E-state index is 0.862. The second-order valence-electron chi connectivity index (χ2n) is 5.91. The van der Waals surface area contributed by atoms with Gasteiger partial charge in [0.15, 0.2) is 0 Å². The van der Waals surface area contributed by atoms with Crippen molar-refractivity contribution in [3.8, 4) is 33.8 Å². The summed E-state index contributed by atoms with van der Waals surface area (Å²) < 4.78 is 7.52. The zero-order valence-electron chi connectivity index (χ0n) is 14.1. The Morgan fingerprint density at radius 2 is 1.24 bits per heavy atom. The Labute approximate surface area is 148 Å². The van der Waals surface area contributed by atoms with E-state index in [0.29, 0.717) is 0 Å². The molecule has 0 N–H and O–H groups in total. The molecule has 25 heavy (non-hydrogen) atoms. The monoisotopic (exact) mass is 325 g/mol. The molecular weight excluding hydrogens is 306 g/mol. The maximum Gasteiger partial charge on any atom is 0.119 e. The summed E-state index contributed by atoms with van der Waals surface area (Å²) in [6.07, 6.45) is 2.19. The van der Waals surface area contributed by atoms with E-state index in [9.17, 15) is 0 Å². The molecule has 3 aromatic carbocycles. The van der Waals surface area contributed by atoms with Gasteiger partial charge in [0, 0.05) is 17.4 Å². The van der Waals surface area contributed by atoms with Crippen molar-refractivity contribution in [1.29, 1.82) is 0 Å². The highest BCUT2D eigenvalue weighted by Crippen LogP contribution is 2.31. The topological polar surface area (TPSA) is 14.2 Å². The van der Waals surface area contributed by atoms with Crippen LogP contribution >= 0.6 is 0 Å². The van der Waals surface area contributed by atoms with E-state index in [2.05, 4.69) is 77.5 Å². The van der Waals surface area contributed by atoms with Gasteiger partial charge in [-0.15, -0.1) is 0 Å². The first kappa shape index (κ1) is 15.3. The van der Waals surface area contributed by atoms with Crippen LogP contribution in [0.1, 0.15) is 0 Å². The third kappa shape index (κ3) is 3.07. The van der Waals surface area contributed by atoms with Crippen LogP contribution in [0.4, 0.5) is 0 Å². The Morgan fingerprint density at radius 3 is 1.84 bits per heavy atom. The lowest BCUT2D eigenvalue weighted by Crippen LogP contribution is -1.95. The lowest BCUT2D eigenvalue weighted by atomic mass is 10.1. The van der Waals surface area contributed by atoms with Crippen LogP contribution in [-0.2, 0) is 0 Å². The van der Waals surface area contributed by atoms with Crippen molar-refractivity contribution in [3.05, 3.63) is 97.2 Å². The minimum absolute atomic E-state index is 0.862. The van der Waals surface area contributed by atoms with E-state index in [4.69, 9.17) is 4.74 Å². The first-order chi connectivity index (χ1) is 12.3. The fraction of sp³-hybridized carbons (Fsp3) is 0.0435. The van der Waals surface area contributed by atoms with E-state index in [1.165, 1.54) is 22.4 Å². The van der Waals surface area contributed by atoms with Gasteiger partial charge in [0.1, 0.15) is 5.75 Å². The van der Waals surface area contributed by atoms with Gasteiger partial charge in [0.2, 0.25) is 0 Å². The molecule has 4 rings (SSSR count). The average Bonchev–Trinajstić information content (AvgIpc) is 3.15. The molecule has 0 unspecified atom stereocenters. The average molecular weight is 325 g/mol. The quantitative estimate of drug-likeness (QED) is 0.461. The molecule has 0 saturated heterocycles. The fourth-order valence-corrected chi connectivity index (χ4v) is 3.04. The highest BCUT2D eigenvalue weighted by atomic mass is 16.5. The SMILES string of the molecule is COc1ccc(-n2cc(-c3ccccc3)cc2-c2ccccc2)cc1. The second-order valence-corrected chi connectivity index (χ2v) is 5.91. The zero-order valence-corrected chi connectivity index (χ0v) is 14.1. The van der Waals surface area contributed by atoms with Gasteiger partial charge in [-0.3, -0.25) is 0 Å². The molecule has 0 aliphatic carbocycles. The van der Waals surface area contributed by atoms with Gasteiger partial charge in [-0.05, 0) is 41.5 Å². The lowest BCUT2D eigenvalue weighted by molar-refractivity contribution is 0.415. The summed E-state index contributed by atoms with van der Waals surface area (Å²) >= 11 is 0. The van der Waals surface area contributed by atoms with E-state index in [0.717, 1.165) is 11.4 Å².